The first-order valence-corrected chi connectivity index (χ1v) is 10.7. The average Bonchev–Trinajstić information content (AvgIpc) is 2.73. The number of hydrogen-bond donors (Lipinski definition) is 1. The number of nitrogens with zero attached hydrogens (tertiary/aromatic N) is 1. The fourth-order valence-corrected chi connectivity index (χ4v) is 4.06. The zero-order chi connectivity index (χ0) is 20.6. The highest BCUT2D eigenvalue weighted by Gasteiger charge is 2.24. The molecule has 0 aromatic heterocycles. The van der Waals surface area contributed by atoms with Gasteiger partial charge in [-0.15, -0.1) is 0 Å². The van der Waals surface area contributed by atoms with Crippen molar-refractivity contribution in [3.63, 3.8) is 0 Å². The molecule has 5 heteroatoms. The van der Waals surface area contributed by atoms with Gasteiger partial charge >= 0.3 is 0 Å². The topological polar surface area (TPSA) is 62.1 Å². The van der Waals surface area contributed by atoms with Crippen molar-refractivity contribution in [1.29, 1.82) is 5.26 Å². The van der Waals surface area contributed by atoms with E-state index in [2.05, 4.69) is 28.2 Å². The van der Waals surface area contributed by atoms with Crippen LogP contribution in [0.25, 0.3) is 6.08 Å². The summed E-state index contributed by atoms with van der Waals surface area (Å²) in [5.74, 6) is 0.861. The Balaban J connectivity index is 1.66. The fraction of sp³-hybridized carbons (Fsp3) is 0.333. The Hall–Kier alpha value is -2.58. The highest BCUT2D eigenvalue weighted by Crippen LogP contribution is 2.28. The largest absolute Gasteiger partial charge is 0.488 e. The number of carbonyl (C=O) groups is 1. The fourth-order valence-electron chi connectivity index (χ4n) is 3.55. The molecule has 3 rings (SSSR count). The summed E-state index contributed by atoms with van der Waals surface area (Å²) in [7, 11) is 0. The Morgan fingerprint density at radius 2 is 2.00 bits per heavy atom. The van der Waals surface area contributed by atoms with Gasteiger partial charge in [-0.3, -0.25) is 4.79 Å². The summed E-state index contributed by atoms with van der Waals surface area (Å²) in [5, 5.41) is 12.5. The number of hydrogen-bond acceptors (Lipinski definition) is 3. The molecule has 1 saturated carbocycles. The molecule has 0 unspecified atom stereocenters. The lowest BCUT2D eigenvalue weighted by Crippen LogP contribution is -2.41. The summed E-state index contributed by atoms with van der Waals surface area (Å²) in [4.78, 5) is 12.6. The Bertz CT molecular complexity index is 918. The second-order valence-corrected chi connectivity index (χ2v) is 8.33. The molecule has 1 aliphatic carbocycles. The zero-order valence-electron chi connectivity index (χ0n) is 16.5. The van der Waals surface area contributed by atoms with E-state index in [9.17, 15) is 10.1 Å². The number of halogens is 1. The lowest BCUT2D eigenvalue weighted by Gasteiger charge is -2.29. The van der Waals surface area contributed by atoms with Gasteiger partial charge < -0.3 is 10.1 Å². The van der Waals surface area contributed by atoms with Crippen molar-refractivity contribution in [2.75, 3.05) is 0 Å². The molecular formula is C24H25BrN2O2. The third-order valence-corrected chi connectivity index (χ3v) is 5.92. The molecule has 29 heavy (non-hydrogen) atoms. The summed E-state index contributed by atoms with van der Waals surface area (Å²) in [6, 6.07) is 17.7. The van der Waals surface area contributed by atoms with Gasteiger partial charge in [0.15, 0.2) is 0 Å². The van der Waals surface area contributed by atoms with Gasteiger partial charge in [0.1, 0.15) is 24.0 Å². The minimum absolute atomic E-state index is 0.118. The van der Waals surface area contributed by atoms with Crippen LogP contribution in [0.2, 0.25) is 0 Å². The molecule has 2 atom stereocenters. The van der Waals surface area contributed by atoms with Crippen LogP contribution in [0.15, 0.2) is 58.6 Å². The number of nitriles is 1. The van der Waals surface area contributed by atoms with E-state index in [1.54, 1.807) is 6.08 Å². The molecular weight excluding hydrogens is 428 g/mol. The van der Waals surface area contributed by atoms with Crippen molar-refractivity contribution in [3.05, 3.63) is 69.7 Å². The maximum absolute atomic E-state index is 12.6. The van der Waals surface area contributed by atoms with E-state index in [-0.39, 0.29) is 17.5 Å². The van der Waals surface area contributed by atoms with Crippen LogP contribution in [-0.2, 0) is 11.4 Å². The molecule has 0 spiro atoms. The first kappa shape index (κ1) is 21.1. The van der Waals surface area contributed by atoms with Crippen molar-refractivity contribution in [1.82, 2.24) is 5.32 Å². The summed E-state index contributed by atoms with van der Waals surface area (Å²) in [6.45, 7) is 2.63. The highest BCUT2D eigenvalue weighted by molar-refractivity contribution is 9.10. The zero-order valence-corrected chi connectivity index (χ0v) is 18.1. The van der Waals surface area contributed by atoms with Gasteiger partial charge in [-0.1, -0.05) is 56.2 Å². The standard InChI is InChI=1S/C24H25BrN2O2/c1-17-7-5-6-10-22(17)27-24(28)20(15-26)13-19-11-12-23(21(25)14-19)29-16-18-8-3-2-4-9-18/h2-4,8-9,11-14,17,22H,5-7,10,16H2,1H3,(H,27,28)/b20-13+/t17-,22+/m0/s1. The maximum atomic E-state index is 12.6. The molecule has 0 bridgehead atoms. The molecule has 0 radical (unpaired) electrons. The van der Waals surface area contributed by atoms with Gasteiger partial charge in [0.2, 0.25) is 0 Å². The van der Waals surface area contributed by atoms with E-state index in [1.165, 1.54) is 6.42 Å². The Labute approximate surface area is 180 Å². The van der Waals surface area contributed by atoms with Gasteiger partial charge in [-0.25, -0.2) is 0 Å². The monoisotopic (exact) mass is 452 g/mol. The number of carbonyl (C=O) groups excluding carboxylic acids is 1. The lowest BCUT2D eigenvalue weighted by atomic mass is 9.86. The SMILES string of the molecule is C[C@H]1CCCC[C@H]1NC(=O)/C(C#N)=C/c1ccc(OCc2ccccc2)c(Br)c1. The minimum Gasteiger partial charge on any atom is -0.488 e. The molecule has 150 valence electrons. The van der Waals surface area contributed by atoms with E-state index in [0.29, 0.717) is 18.3 Å². The van der Waals surface area contributed by atoms with Crippen molar-refractivity contribution in [2.24, 2.45) is 5.92 Å². The number of benzene rings is 2. The van der Waals surface area contributed by atoms with Crippen LogP contribution in [0.4, 0.5) is 0 Å². The molecule has 1 N–H and O–H groups in total. The minimum atomic E-state index is -0.299. The molecule has 2 aromatic carbocycles. The van der Waals surface area contributed by atoms with Crippen molar-refractivity contribution >= 4 is 27.9 Å². The molecule has 2 aromatic rings. The normalized spacial score (nSPS) is 19.3. The number of amides is 1. The molecule has 1 fully saturated rings. The summed E-state index contributed by atoms with van der Waals surface area (Å²) >= 11 is 3.52. The van der Waals surface area contributed by atoms with Crippen LogP contribution in [0.5, 0.6) is 5.75 Å². The van der Waals surface area contributed by atoms with E-state index in [0.717, 1.165) is 34.9 Å². The van der Waals surface area contributed by atoms with E-state index < -0.39 is 0 Å². The van der Waals surface area contributed by atoms with Crippen LogP contribution in [-0.4, -0.2) is 11.9 Å². The smallest absolute Gasteiger partial charge is 0.262 e. The third-order valence-electron chi connectivity index (χ3n) is 5.30. The van der Waals surface area contributed by atoms with Gasteiger partial charge in [-0.2, -0.15) is 5.26 Å². The molecule has 0 saturated heterocycles. The van der Waals surface area contributed by atoms with Crippen molar-refractivity contribution in [2.45, 2.75) is 45.3 Å². The molecule has 4 nitrogen and oxygen atoms in total. The quantitative estimate of drug-likeness (QED) is 0.456. The van der Waals surface area contributed by atoms with Crippen LogP contribution < -0.4 is 10.1 Å². The van der Waals surface area contributed by atoms with E-state index in [1.807, 2.05) is 54.6 Å². The number of nitrogens with one attached hydrogen (secondary N) is 1. The molecule has 1 aliphatic rings. The first-order valence-electron chi connectivity index (χ1n) is 9.95. The van der Waals surface area contributed by atoms with Crippen LogP contribution in [0, 0.1) is 17.2 Å². The average molecular weight is 453 g/mol. The molecule has 1 amide bonds. The van der Waals surface area contributed by atoms with E-state index in [4.69, 9.17) is 4.74 Å². The van der Waals surface area contributed by atoms with Crippen molar-refractivity contribution < 1.29 is 9.53 Å². The predicted molar refractivity (Wildman–Crippen MR) is 118 cm³/mol. The summed E-state index contributed by atoms with van der Waals surface area (Å²) in [6.07, 6.45) is 6.05. The first-order chi connectivity index (χ1) is 14.1. The second kappa shape index (κ2) is 10.3. The van der Waals surface area contributed by atoms with E-state index >= 15 is 0 Å². The maximum Gasteiger partial charge on any atom is 0.262 e. The Morgan fingerprint density at radius 1 is 1.24 bits per heavy atom. The lowest BCUT2D eigenvalue weighted by molar-refractivity contribution is -0.118. The van der Waals surface area contributed by atoms with Crippen LogP contribution in [0.3, 0.4) is 0 Å². The van der Waals surface area contributed by atoms with Crippen molar-refractivity contribution in [3.8, 4) is 11.8 Å². The predicted octanol–water partition coefficient (Wildman–Crippen LogP) is 5.63. The Morgan fingerprint density at radius 3 is 2.69 bits per heavy atom. The van der Waals surface area contributed by atoms with Gasteiger partial charge in [0.05, 0.1) is 4.47 Å². The van der Waals surface area contributed by atoms with Crippen LogP contribution >= 0.6 is 15.9 Å². The highest BCUT2D eigenvalue weighted by atomic mass is 79.9. The summed E-state index contributed by atoms with van der Waals surface area (Å²) in [5.41, 5.74) is 1.98. The number of ether oxygens (including phenoxy) is 1. The number of rotatable bonds is 6. The Kier molecular flexibility index (Phi) is 7.48. The van der Waals surface area contributed by atoms with Gasteiger partial charge in [0.25, 0.3) is 5.91 Å². The third kappa shape index (κ3) is 5.95. The molecule has 0 heterocycles. The summed E-state index contributed by atoms with van der Waals surface area (Å²) < 4.78 is 6.64. The van der Waals surface area contributed by atoms with Gasteiger partial charge in [0, 0.05) is 6.04 Å². The van der Waals surface area contributed by atoms with Gasteiger partial charge in [-0.05, 0) is 64.0 Å². The molecule has 0 aliphatic heterocycles. The second-order valence-electron chi connectivity index (χ2n) is 7.48. The van der Waals surface area contributed by atoms with Crippen LogP contribution in [0.1, 0.15) is 43.7 Å².